The molecule has 2 unspecified atom stereocenters. The number of rotatable bonds is 43. The summed E-state index contributed by atoms with van der Waals surface area (Å²) in [7, 11) is 0. The molecular weight excluding hydrogens is 651 g/mol. The zero-order valence-corrected chi connectivity index (χ0v) is 35.8. The molecule has 0 rings (SSSR count). The van der Waals surface area contributed by atoms with Crippen molar-refractivity contribution in [3.8, 4) is 0 Å². The Kier molecular flexibility index (Phi) is 43.8. The molecule has 53 heavy (non-hydrogen) atoms. The first-order chi connectivity index (χ1) is 26.2. The van der Waals surface area contributed by atoms with Crippen molar-refractivity contribution in [3.63, 3.8) is 0 Å². The van der Waals surface area contributed by atoms with Crippen LogP contribution in [0.1, 0.15) is 251 Å². The molecule has 2 atom stereocenters. The molecule has 0 aromatic heterocycles. The van der Waals surface area contributed by atoms with Crippen LogP contribution < -0.4 is 5.32 Å². The Bertz CT molecular complexity index is 806. The maximum atomic E-state index is 12.4. The van der Waals surface area contributed by atoms with Gasteiger partial charge in [-0.3, -0.25) is 4.79 Å². The monoisotopic (exact) mass is 744 g/mol. The molecule has 0 saturated carbocycles. The molecule has 4 nitrogen and oxygen atoms in total. The first-order valence-corrected chi connectivity index (χ1v) is 23.7. The van der Waals surface area contributed by atoms with Crippen molar-refractivity contribution in [2.24, 2.45) is 0 Å². The van der Waals surface area contributed by atoms with Crippen molar-refractivity contribution in [1.29, 1.82) is 0 Å². The van der Waals surface area contributed by atoms with Gasteiger partial charge in [0, 0.05) is 6.42 Å². The van der Waals surface area contributed by atoms with Gasteiger partial charge in [-0.2, -0.15) is 0 Å². The fourth-order valence-corrected chi connectivity index (χ4v) is 7.21. The topological polar surface area (TPSA) is 69.6 Å². The third-order valence-corrected chi connectivity index (χ3v) is 10.9. The van der Waals surface area contributed by atoms with Crippen molar-refractivity contribution in [2.75, 3.05) is 6.61 Å². The van der Waals surface area contributed by atoms with Crippen LogP contribution in [0.25, 0.3) is 0 Å². The molecule has 0 radical (unpaired) electrons. The van der Waals surface area contributed by atoms with E-state index in [9.17, 15) is 15.0 Å². The van der Waals surface area contributed by atoms with Gasteiger partial charge in [0.15, 0.2) is 0 Å². The molecular formula is C49H93NO3. The van der Waals surface area contributed by atoms with Crippen LogP contribution >= 0.6 is 0 Å². The second-order valence-corrected chi connectivity index (χ2v) is 16.2. The Labute approximate surface area is 331 Å². The number of carbonyl (C=O) groups is 1. The number of carbonyl (C=O) groups excluding carboxylic acids is 1. The second-order valence-electron chi connectivity index (χ2n) is 16.2. The van der Waals surface area contributed by atoms with Crippen molar-refractivity contribution in [3.05, 3.63) is 36.5 Å². The number of allylic oxidation sites excluding steroid dienone is 5. The molecule has 0 aromatic rings. The SMILES string of the molecule is CCCCCCCCCCCCCC/C=C/CC/C=C/CC/C=C/C(O)C(CO)NC(=O)CCCCCCCCCCCCCCCCCCCCC. The Hall–Kier alpha value is -1.39. The predicted octanol–water partition coefficient (Wildman–Crippen LogP) is 15.0. The lowest BCUT2D eigenvalue weighted by Gasteiger charge is -2.19. The highest BCUT2D eigenvalue weighted by molar-refractivity contribution is 5.76. The van der Waals surface area contributed by atoms with E-state index in [1.54, 1.807) is 6.08 Å². The van der Waals surface area contributed by atoms with Crippen LogP contribution in [-0.2, 0) is 4.79 Å². The Morgan fingerprint density at radius 3 is 1.09 bits per heavy atom. The summed E-state index contributed by atoms with van der Waals surface area (Å²) in [5.74, 6) is -0.0745. The second kappa shape index (κ2) is 45.0. The van der Waals surface area contributed by atoms with E-state index < -0.39 is 12.1 Å². The third-order valence-electron chi connectivity index (χ3n) is 10.9. The molecule has 0 aliphatic rings. The van der Waals surface area contributed by atoms with Gasteiger partial charge in [0.2, 0.25) is 5.91 Å². The van der Waals surface area contributed by atoms with E-state index in [1.165, 1.54) is 193 Å². The van der Waals surface area contributed by atoms with E-state index >= 15 is 0 Å². The number of aliphatic hydroxyl groups is 2. The molecule has 4 heteroatoms. The van der Waals surface area contributed by atoms with Crippen LogP contribution in [0.2, 0.25) is 0 Å². The van der Waals surface area contributed by atoms with Gasteiger partial charge in [-0.05, 0) is 44.9 Å². The Balaban J connectivity index is 3.60. The van der Waals surface area contributed by atoms with E-state index in [0.29, 0.717) is 6.42 Å². The van der Waals surface area contributed by atoms with Gasteiger partial charge in [0.25, 0.3) is 0 Å². The quantitative estimate of drug-likeness (QED) is 0.0430. The van der Waals surface area contributed by atoms with Crippen LogP contribution in [0.5, 0.6) is 0 Å². The first kappa shape index (κ1) is 51.6. The molecule has 0 bridgehead atoms. The van der Waals surface area contributed by atoms with E-state index in [2.05, 4.69) is 43.5 Å². The number of nitrogens with one attached hydrogen (secondary N) is 1. The molecule has 0 aliphatic carbocycles. The zero-order chi connectivity index (χ0) is 38.6. The molecule has 0 fully saturated rings. The van der Waals surface area contributed by atoms with Crippen molar-refractivity contribution in [2.45, 2.75) is 264 Å². The number of aliphatic hydroxyl groups excluding tert-OH is 2. The number of hydrogen-bond acceptors (Lipinski definition) is 3. The molecule has 0 heterocycles. The summed E-state index contributed by atoms with van der Waals surface area (Å²) in [6, 6.07) is -0.642. The number of unbranched alkanes of at least 4 members (excludes halogenated alkanes) is 32. The minimum atomic E-state index is -0.867. The molecule has 0 spiro atoms. The summed E-state index contributed by atoms with van der Waals surface area (Å²) in [5, 5.41) is 23.0. The van der Waals surface area contributed by atoms with E-state index in [0.717, 1.165) is 38.5 Å². The summed E-state index contributed by atoms with van der Waals surface area (Å²) in [5.41, 5.74) is 0. The predicted molar refractivity (Wildman–Crippen MR) is 235 cm³/mol. The third kappa shape index (κ3) is 41.6. The van der Waals surface area contributed by atoms with Gasteiger partial charge in [-0.25, -0.2) is 0 Å². The molecule has 1 amide bonds. The minimum absolute atomic E-state index is 0.0745. The van der Waals surface area contributed by atoms with Gasteiger partial charge in [0.05, 0.1) is 18.8 Å². The lowest BCUT2D eigenvalue weighted by atomic mass is 10.0. The van der Waals surface area contributed by atoms with Crippen LogP contribution in [0.15, 0.2) is 36.5 Å². The highest BCUT2D eigenvalue weighted by atomic mass is 16.3. The maximum absolute atomic E-state index is 12.4. The average molecular weight is 744 g/mol. The fourth-order valence-electron chi connectivity index (χ4n) is 7.21. The van der Waals surface area contributed by atoms with Crippen LogP contribution in [0, 0.1) is 0 Å². The number of amides is 1. The van der Waals surface area contributed by atoms with E-state index in [4.69, 9.17) is 0 Å². The molecule has 312 valence electrons. The highest BCUT2D eigenvalue weighted by Crippen LogP contribution is 2.16. The van der Waals surface area contributed by atoms with Crippen molar-refractivity contribution >= 4 is 5.91 Å². The lowest BCUT2D eigenvalue weighted by Crippen LogP contribution is -2.45. The van der Waals surface area contributed by atoms with Gasteiger partial charge in [0.1, 0.15) is 0 Å². The smallest absolute Gasteiger partial charge is 0.220 e. The summed E-state index contributed by atoms with van der Waals surface area (Å²) in [4.78, 5) is 12.4. The van der Waals surface area contributed by atoms with Crippen LogP contribution in [0.4, 0.5) is 0 Å². The summed E-state index contributed by atoms with van der Waals surface area (Å²) >= 11 is 0. The Morgan fingerprint density at radius 2 is 0.736 bits per heavy atom. The molecule has 0 aromatic carbocycles. The van der Waals surface area contributed by atoms with Crippen molar-refractivity contribution in [1.82, 2.24) is 5.32 Å². The standard InChI is InChI=1S/C49H93NO3/c1-3-5-7-9-11-13-15-17-19-21-23-24-25-27-28-30-32-34-36-38-40-42-44-48(52)47(46-51)50-49(53)45-43-41-39-37-35-33-31-29-26-22-20-18-16-14-12-10-8-6-4-2/h27-28,34,36,42,44,47-48,51-52H,3-26,29-33,35,37-41,43,45-46H2,1-2H3,(H,50,53)/b28-27+,36-34+,44-42+. The summed E-state index contributed by atoms with van der Waals surface area (Å²) in [6.07, 6.45) is 59.8. The van der Waals surface area contributed by atoms with Gasteiger partial charge >= 0.3 is 0 Å². The molecule has 0 saturated heterocycles. The normalized spacial score (nSPS) is 13.2. The highest BCUT2D eigenvalue weighted by Gasteiger charge is 2.17. The zero-order valence-electron chi connectivity index (χ0n) is 35.8. The summed E-state index contributed by atoms with van der Waals surface area (Å²) < 4.78 is 0. The van der Waals surface area contributed by atoms with Gasteiger partial charge < -0.3 is 15.5 Å². The fraction of sp³-hybridized carbons (Fsp3) is 0.857. The average Bonchev–Trinajstić information content (AvgIpc) is 3.16. The van der Waals surface area contributed by atoms with Crippen LogP contribution in [-0.4, -0.2) is 34.9 Å². The lowest BCUT2D eigenvalue weighted by molar-refractivity contribution is -0.123. The maximum Gasteiger partial charge on any atom is 0.220 e. The van der Waals surface area contributed by atoms with Gasteiger partial charge in [-0.15, -0.1) is 0 Å². The minimum Gasteiger partial charge on any atom is -0.394 e. The largest absolute Gasteiger partial charge is 0.394 e. The molecule has 0 aliphatic heterocycles. The van der Waals surface area contributed by atoms with Crippen LogP contribution in [0.3, 0.4) is 0 Å². The number of hydrogen-bond donors (Lipinski definition) is 3. The van der Waals surface area contributed by atoms with Crippen molar-refractivity contribution < 1.29 is 15.0 Å². The Morgan fingerprint density at radius 1 is 0.434 bits per heavy atom. The molecule has 3 N–H and O–H groups in total. The van der Waals surface area contributed by atoms with Gasteiger partial charge in [-0.1, -0.05) is 237 Å². The van der Waals surface area contributed by atoms with E-state index in [1.807, 2.05) is 6.08 Å². The first-order valence-electron chi connectivity index (χ1n) is 23.7. The van der Waals surface area contributed by atoms with E-state index in [-0.39, 0.29) is 12.5 Å². The summed E-state index contributed by atoms with van der Waals surface area (Å²) in [6.45, 7) is 4.31.